The maximum Gasteiger partial charge on any atom is 0.541 e. The lowest BCUT2D eigenvalue weighted by Gasteiger charge is -2.23. The van der Waals surface area contributed by atoms with Gasteiger partial charge in [0.2, 0.25) is 0 Å². The van der Waals surface area contributed by atoms with Crippen LogP contribution in [0.1, 0.15) is 22.3 Å². The second-order valence-electron chi connectivity index (χ2n) is 6.64. The lowest BCUT2D eigenvalue weighted by atomic mass is 10.1. The molecule has 0 unspecified atom stereocenters. The van der Waals surface area contributed by atoms with Gasteiger partial charge in [0.1, 0.15) is 11.5 Å². The molecule has 0 radical (unpaired) electrons. The van der Waals surface area contributed by atoms with Crippen LogP contribution in [0.25, 0.3) is 0 Å². The van der Waals surface area contributed by atoms with E-state index in [1.165, 1.54) is 0 Å². The highest BCUT2D eigenvalue weighted by Crippen LogP contribution is 2.50. The summed E-state index contributed by atoms with van der Waals surface area (Å²) in [6.45, 7) is 7.73. The molecule has 0 aliphatic carbocycles. The maximum absolute atomic E-state index is 13.7. The molecule has 0 heterocycles. The van der Waals surface area contributed by atoms with Crippen LogP contribution < -0.4 is 14.1 Å². The average molecular weight is 381 g/mol. The smallest absolute Gasteiger partial charge is 0.400 e. The number of hydrogen-bond acceptors (Lipinski definition) is 3. The molecule has 3 rings (SSSR count). The Morgan fingerprint density at radius 2 is 1.30 bits per heavy atom. The molecule has 0 spiro atoms. The largest absolute Gasteiger partial charge is 0.541 e. The number of rotatable bonds is 6. The average Bonchev–Trinajstić information content (AvgIpc) is 2.62. The van der Waals surface area contributed by atoms with Crippen molar-refractivity contribution in [3.8, 4) is 11.5 Å². The molecule has 4 nitrogen and oxygen atoms in total. The van der Waals surface area contributed by atoms with Gasteiger partial charge in [0.25, 0.3) is 0 Å². The molecular formula is C22H24NO3P. The molecular weight excluding hydrogens is 357 g/mol. The van der Waals surface area contributed by atoms with Crippen LogP contribution in [0.15, 0.2) is 66.7 Å². The third-order valence-corrected chi connectivity index (χ3v) is 5.67. The van der Waals surface area contributed by atoms with Crippen molar-refractivity contribution < 1.29 is 13.6 Å². The Morgan fingerprint density at radius 3 is 2.00 bits per heavy atom. The van der Waals surface area contributed by atoms with Gasteiger partial charge in [-0.1, -0.05) is 48.5 Å². The molecule has 3 aromatic carbocycles. The van der Waals surface area contributed by atoms with Crippen LogP contribution in [0.4, 0.5) is 5.69 Å². The Morgan fingerprint density at radius 1 is 0.704 bits per heavy atom. The van der Waals surface area contributed by atoms with Crippen molar-refractivity contribution in [1.29, 1.82) is 0 Å². The highest BCUT2D eigenvalue weighted by molar-refractivity contribution is 7.56. The Labute approximate surface area is 160 Å². The molecule has 5 heteroatoms. The molecule has 0 amide bonds. The van der Waals surface area contributed by atoms with E-state index in [4.69, 9.17) is 9.05 Å². The van der Waals surface area contributed by atoms with Crippen molar-refractivity contribution in [3.05, 3.63) is 89.0 Å². The van der Waals surface area contributed by atoms with Gasteiger partial charge in [-0.2, -0.15) is 0 Å². The van der Waals surface area contributed by atoms with Crippen molar-refractivity contribution >= 4 is 13.4 Å². The number of para-hydroxylation sites is 2. The van der Waals surface area contributed by atoms with Crippen LogP contribution in [-0.4, -0.2) is 0 Å². The van der Waals surface area contributed by atoms with E-state index >= 15 is 0 Å². The predicted molar refractivity (Wildman–Crippen MR) is 111 cm³/mol. The first-order chi connectivity index (χ1) is 12.9. The summed E-state index contributed by atoms with van der Waals surface area (Å²) in [5.74, 6) is 1.06. The minimum absolute atomic E-state index is 0.521. The number of anilines is 1. The van der Waals surface area contributed by atoms with E-state index in [1.807, 2.05) is 88.4 Å². The Kier molecular flexibility index (Phi) is 5.57. The van der Waals surface area contributed by atoms with E-state index in [1.54, 1.807) is 6.07 Å². The summed E-state index contributed by atoms with van der Waals surface area (Å²) in [7, 11) is -3.74. The van der Waals surface area contributed by atoms with Crippen molar-refractivity contribution in [2.45, 2.75) is 27.7 Å². The molecule has 0 saturated heterocycles. The quantitative estimate of drug-likeness (QED) is 0.489. The van der Waals surface area contributed by atoms with Gasteiger partial charge in [-0.3, -0.25) is 5.09 Å². The summed E-state index contributed by atoms with van der Waals surface area (Å²) < 4.78 is 25.6. The van der Waals surface area contributed by atoms with E-state index in [2.05, 4.69) is 5.09 Å². The van der Waals surface area contributed by atoms with Gasteiger partial charge in [0.15, 0.2) is 0 Å². The second-order valence-corrected chi connectivity index (χ2v) is 8.22. The maximum atomic E-state index is 13.7. The molecule has 0 saturated carbocycles. The number of aryl methyl sites for hydroxylation is 4. The number of nitrogens with one attached hydrogen (secondary N) is 1. The number of hydrogen-bond donors (Lipinski definition) is 1. The van der Waals surface area contributed by atoms with Gasteiger partial charge in [-0.25, -0.2) is 4.57 Å². The summed E-state index contributed by atoms with van der Waals surface area (Å²) in [6.07, 6.45) is 0. The van der Waals surface area contributed by atoms with Gasteiger partial charge in [0, 0.05) is 5.69 Å². The third kappa shape index (κ3) is 4.72. The lowest BCUT2D eigenvalue weighted by Crippen LogP contribution is -2.11. The van der Waals surface area contributed by atoms with Crippen LogP contribution in [0.5, 0.6) is 11.5 Å². The molecule has 0 fully saturated rings. The molecule has 3 aromatic rings. The standard InChI is InChI=1S/C22H24NO3P/c1-16-13-14-19(4)22(15-16)26-27(24,23-20-11-7-5-9-17(20)2)25-21-12-8-6-10-18(21)3/h5-15H,1-4H3,(H,23,24)/t27-/m1/s1. The first-order valence-corrected chi connectivity index (χ1v) is 10.4. The first-order valence-electron chi connectivity index (χ1n) is 8.82. The van der Waals surface area contributed by atoms with Crippen LogP contribution in [0.2, 0.25) is 0 Å². The van der Waals surface area contributed by atoms with Crippen molar-refractivity contribution in [1.82, 2.24) is 0 Å². The second kappa shape index (κ2) is 7.89. The van der Waals surface area contributed by atoms with Crippen LogP contribution in [0.3, 0.4) is 0 Å². The van der Waals surface area contributed by atoms with Gasteiger partial charge in [0.05, 0.1) is 0 Å². The van der Waals surface area contributed by atoms with Gasteiger partial charge in [-0.05, 0) is 68.1 Å². The van der Waals surface area contributed by atoms with Gasteiger partial charge < -0.3 is 9.05 Å². The fraction of sp³-hybridized carbons (Fsp3) is 0.182. The topological polar surface area (TPSA) is 47.6 Å². The van der Waals surface area contributed by atoms with Gasteiger partial charge >= 0.3 is 7.75 Å². The Balaban J connectivity index is 2.00. The Bertz CT molecular complexity index is 949. The summed E-state index contributed by atoms with van der Waals surface area (Å²) in [6, 6.07) is 20.9. The zero-order chi connectivity index (χ0) is 19.4. The highest BCUT2D eigenvalue weighted by atomic mass is 31.2. The van der Waals surface area contributed by atoms with Crippen LogP contribution in [0, 0.1) is 27.7 Å². The molecule has 0 bridgehead atoms. The molecule has 0 aromatic heterocycles. The highest BCUT2D eigenvalue weighted by Gasteiger charge is 2.30. The normalized spacial score (nSPS) is 12.9. The van der Waals surface area contributed by atoms with E-state index < -0.39 is 7.75 Å². The van der Waals surface area contributed by atoms with Crippen molar-refractivity contribution in [2.75, 3.05) is 5.09 Å². The first kappa shape index (κ1) is 19.1. The molecule has 27 heavy (non-hydrogen) atoms. The molecule has 140 valence electrons. The lowest BCUT2D eigenvalue weighted by molar-refractivity contribution is 0.390. The number of benzene rings is 3. The zero-order valence-electron chi connectivity index (χ0n) is 16.0. The van der Waals surface area contributed by atoms with Crippen LogP contribution >= 0.6 is 7.75 Å². The minimum atomic E-state index is -3.74. The predicted octanol–water partition coefficient (Wildman–Crippen LogP) is 6.60. The van der Waals surface area contributed by atoms with Crippen molar-refractivity contribution in [3.63, 3.8) is 0 Å². The summed E-state index contributed by atoms with van der Waals surface area (Å²) >= 11 is 0. The van der Waals surface area contributed by atoms with Gasteiger partial charge in [-0.15, -0.1) is 0 Å². The van der Waals surface area contributed by atoms with E-state index in [-0.39, 0.29) is 0 Å². The fourth-order valence-electron chi connectivity index (χ4n) is 2.63. The van der Waals surface area contributed by atoms with E-state index in [9.17, 15) is 4.57 Å². The molecule has 0 aliphatic heterocycles. The summed E-state index contributed by atoms with van der Waals surface area (Å²) in [5.41, 5.74) is 4.46. The third-order valence-electron chi connectivity index (χ3n) is 4.28. The Hall–Kier alpha value is -2.71. The monoisotopic (exact) mass is 381 g/mol. The SMILES string of the molecule is Cc1ccc(C)c(O[P@@](=O)(Nc2ccccc2C)Oc2ccccc2C)c1. The minimum Gasteiger partial charge on any atom is -0.400 e. The molecule has 1 atom stereocenters. The van der Waals surface area contributed by atoms with E-state index in [0.717, 1.165) is 22.3 Å². The van der Waals surface area contributed by atoms with Crippen LogP contribution in [-0.2, 0) is 4.57 Å². The van der Waals surface area contributed by atoms with E-state index in [0.29, 0.717) is 17.2 Å². The molecule has 0 aliphatic rings. The zero-order valence-corrected chi connectivity index (χ0v) is 16.9. The van der Waals surface area contributed by atoms with Crippen molar-refractivity contribution in [2.24, 2.45) is 0 Å². The summed E-state index contributed by atoms with van der Waals surface area (Å²) in [4.78, 5) is 0. The summed E-state index contributed by atoms with van der Waals surface area (Å²) in [5, 5.41) is 3.01. The fourth-order valence-corrected chi connectivity index (χ4v) is 4.23. The molecule has 1 N–H and O–H groups in total.